The van der Waals surface area contributed by atoms with Crippen LogP contribution in [0.2, 0.25) is 0 Å². The van der Waals surface area contributed by atoms with Crippen molar-refractivity contribution in [3.05, 3.63) is 46.8 Å². The predicted molar refractivity (Wildman–Crippen MR) is 101 cm³/mol. The fourth-order valence-corrected chi connectivity index (χ4v) is 3.44. The van der Waals surface area contributed by atoms with E-state index in [1.165, 1.54) is 0 Å². The van der Waals surface area contributed by atoms with Crippen LogP contribution in [0.1, 0.15) is 33.7 Å². The number of aryl methyl sites for hydroxylation is 2. The molecule has 0 fully saturated rings. The lowest BCUT2D eigenvalue weighted by Crippen LogP contribution is -2.37. The predicted octanol–water partition coefficient (Wildman–Crippen LogP) is 1.75. The number of rotatable bonds is 8. The van der Waals surface area contributed by atoms with Gasteiger partial charge in [0.2, 0.25) is 5.91 Å². The average molecular weight is 387 g/mol. The van der Waals surface area contributed by atoms with Gasteiger partial charge < -0.3 is 19.5 Å². The van der Waals surface area contributed by atoms with Crippen molar-refractivity contribution in [2.24, 2.45) is 0 Å². The number of carboxylic acids is 1. The molecule has 1 amide bonds. The van der Waals surface area contributed by atoms with Crippen molar-refractivity contribution in [1.82, 2.24) is 14.7 Å². The molecular weight excluding hydrogens is 362 g/mol. The lowest BCUT2D eigenvalue weighted by Gasteiger charge is -2.27. The SMILES string of the molecule is COCCC(=O)N1CCc2c(c(C(=O)O)nn2CCc2ccc(OC)cc2)C1. The minimum atomic E-state index is -1.06. The Morgan fingerprint density at radius 2 is 1.96 bits per heavy atom. The number of carboxylic acid groups (broad SMARTS) is 1. The maximum atomic E-state index is 12.3. The molecule has 0 bridgehead atoms. The molecular formula is C20H25N3O5. The van der Waals surface area contributed by atoms with Gasteiger partial charge in [0, 0.05) is 44.4 Å². The first-order valence-electron chi connectivity index (χ1n) is 9.25. The number of methoxy groups -OCH3 is 2. The van der Waals surface area contributed by atoms with Gasteiger partial charge in [0.15, 0.2) is 5.69 Å². The fraction of sp³-hybridized carbons (Fsp3) is 0.450. The smallest absolute Gasteiger partial charge is 0.356 e. The van der Waals surface area contributed by atoms with Crippen LogP contribution in [0.25, 0.3) is 0 Å². The van der Waals surface area contributed by atoms with Gasteiger partial charge in [0.25, 0.3) is 0 Å². The van der Waals surface area contributed by atoms with Gasteiger partial charge in [-0.25, -0.2) is 4.79 Å². The van der Waals surface area contributed by atoms with E-state index in [-0.39, 0.29) is 18.1 Å². The minimum absolute atomic E-state index is 0.0326. The topological polar surface area (TPSA) is 93.9 Å². The van der Waals surface area contributed by atoms with Gasteiger partial charge >= 0.3 is 5.97 Å². The molecule has 1 aromatic carbocycles. The van der Waals surface area contributed by atoms with Crippen LogP contribution < -0.4 is 4.74 Å². The summed E-state index contributed by atoms with van der Waals surface area (Å²) < 4.78 is 11.9. The molecule has 3 rings (SSSR count). The molecule has 0 aliphatic carbocycles. The Balaban J connectivity index is 1.75. The van der Waals surface area contributed by atoms with E-state index < -0.39 is 5.97 Å². The number of nitrogens with zero attached hydrogens (tertiary/aromatic N) is 3. The number of carbonyl (C=O) groups is 2. The molecule has 2 heterocycles. The first-order chi connectivity index (χ1) is 13.5. The second-order valence-corrected chi connectivity index (χ2v) is 6.71. The zero-order chi connectivity index (χ0) is 20.1. The summed E-state index contributed by atoms with van der Waals surface area (Å²) in [5.41, 5.74) is 2.70. The van der Waals surface area contributed by atoms with E-state index in [0.29, 0.717) is 38.1 Å². The van der Waals surface area contributed by atoms with Gasteiger partial charge in [-0.3, -0.25) is 9.48 Å². The number of aromatic carboxylic acids is 1. The molecule has 0 unspecified atom stereocenters. The lowest BCUT2D eigenvalue weighted by atomic mass is 10.0. The molecule has 0 saturated carbocycles. The highest BCUT2D eigenvalue weighted by Crippen LogP contribution is 2.24. The Kier molecular flexibility index (Phi) is 6.30. The van der Waals surface area contributed by atoms with Crippen LogP contribution >= 0.6 is 0 Å². The van der Waals surface area contributed by atoms with E-state index >= 15 is 0 Å². The van der Waals surface area contributed by atoms with Crippen LogP contribution in [-0.2, 0) is 35.5 Å². The van der Waals surface area contributed by atoms with Crippen LogP contribution in [0.4, 0.5) is 0 Å². The molecule has 8 heteroatoms. The van der Waals surface area contributed by atoms with Crippen molar-refractivity contribution in [3.8, 4) is 5.75 Å². The fourth-order valence-electron chi connectivity index (χ4n) is 3.44. The normalized spacial score (nSPS) is 13.3. The highest BCUT2D eigenvalue weighted by Gasteiger charge is 2.29. The van der Waals surface area contributed by atoms with Crippen molar-refractivity contribution in [2.45, 2.75) is 32.4 Å². The second kappa shape index (κ2) is 8.88. The number of amides is 1. The summed E-state index contributed by atoms with van der Waals surface area (Å²) in [5.74, 6) is -0.299. The molecule has 1 aliphatic rings. The van der Waals surface area contributed by atoms with E-state index in [9.17, 15) is 14.7 Å². The Bertz CT molecular complexity index is 844. The Morgan fingerprint density at radius 1 is 1.21 bits per heavy atom. The van der Waals surface area contributed by atoms with Gasteiger partial charge in [-0.1, -0.05) is 12.1 Å². The third-order valence-electron chi connectivity index (χ3n) is 4.98. The highest BCUT2D eigenvalue weighted by molar-refractivity contribution is 5.88. The Hall–Kier alpha value is -2.87. The standard InChI is InChI=1S/C20H25N3O5/c1-27-12-9-18(24)22-10-8-17-16(13-22)19(20(25)26)21-23(17)11-7-14-3-5-15(28-2)6-4-14/h3-6H,7-13H2,1-2H3,(H,25,26). The van der Waals surface area contributed by atoms with Crippen molar-refractivity contribution >= 4 is 11.9 Å². The van der Waals surface area contributed by atoms with Crippen LogP contribution in [-0.4, -0.2) is 59.0 Å². The van der Waals surface area contributed by atoms with Crippen molar-refractivity contribution < 1.29 is 24.2 Å². The maximum Gasteiger partial charge on any atom is 0.356 e. The molecule has 8 nitrogen and oxygen atoms in total. The van der Waals surface area contributed by atoms with Gasteiger partial charge in [-0.05, 0) is 24.1 Å². The molecule has 0 radical (unpaired) electrons. The first-order valence-corrected chi connectivity index (χ1v) is 9.25. The average Bonchev–Trinajstić information content (AvgIpc) is 3.09. The third-order valence-corrected chi connectivity index (χ3v) is 4.98. The van der Waals surface area contributed by atoms with Crippen LogP contribution in [0, 0.1) is 0 Å². The molecule has 1 aliphatic heterocycles. The first kappa shape index (κ1) is 19.9. The van der Waals surface area contributed by atoms with Crippen molar-refractivity contribution in [1.29, 1.82) is 0 Å². The van der Waals surface area contributed by atoms with Crippen LogP contribution in [0.15, 0.2) is 24.3 Å². The summed E-state index contributed by atoms with van der Waals surface area (Å²) in [6, 6.07) is 7.78. The number of aromatic nitrogens is 2. The quantitative estimate of drug-likeness (QED) is 0.742. The molecule has 1 aromatic heterocycles. The number of benzene rings is 1. The minimum Gasteiger partial charge on any atom is -0.497 e. The number of ether oxygens (including phenoxy) is 2. The number of hydrogen-bond donors (Lipinski definition) is 1. The zero-order valence-electron chi connectivity index (χ0n) is 16.2. The Labute approximate surface area is 163 Å². The number of carbonyl (C=O) groups excluding carboxylic acids is 1. The lowest BCUT2D eigenvalue weighted by molar-refractivity contribution is -0.133. The van der Waals surface area contributed by atoms with Crippen LogP contribution in [0.3, 0.4) is 0 Å². The van der Waals surface area contributed by atoms with Gasteiger partial charge in [-0.15, -0.1) is 0 Å². The van der Waals surface area contributed by atoms with E-state index in [1.807, 2.05) is 24.3 Å². The number of fused-ring (bicyclic) bond motifs is 1. The second-order valence-electron chi connectivity index (χ2n) is 6.71. The number of hydrogen-bond acceptors (Lipinski definition) is 5. The van der Waals surface area contributed by atoms with Gasteiger partial charge in [-0.2, -0.15) is 5.10 Å². The summed E-state index contributed by atoms with van der Waals surface area (Å²) in [4.78, 5) is 25.6. The van der Waals surface area contributed by atoms with Gasteiger partial charge in [0.05, 0.1) is 20.1 Å². The zero-order valence-corrected chi connectivity index (χ0v) is 16.2. The third kappa shape index (κ3) is 4.33. The molecule has 0 atom stereocenters. The van der Waals surface area contributed by atoms with E-state index in [0.717, 1.165) is 23.4 Å². The summed E-state index contributed by atoms with van der Waals surface area (Å²) in [6.07, 6.45) is 1.62. The molecule has 150 valence electrons. The molecule has 28 heavy (non-hydrogen) atoms. The molecule has 2 aromatic rings. The molecule has 1 N–H and O–H groups in total. The maximum absolute atomic E-state index is 12.3. The van der Waals surface area contributed by atoms with Crippen molar-refractivity contribution in [3.63, 3.8) is 0 Å². The summed E-state index contributed by atoms with van der Waals surface area (Å²) in [7, 11) is 3.18. The van der Waals surface area contributed by atoms with E-state index in [4.69, 9.17) is 9.47 Å². The Morgan fingerprint density at radius 3 is 2.61 bits per heavy atom. The molecule has 0 saturated heterocycles. The summed E-state index contributed by atoms with van der Waals surface area (Å²) >= 11 is 0. The largest absolute Gasteiger partial charge is 0.497 e. The molecule has 0 spiro atoms. The monoisotopic (exact) mass is 387 g/mol. The summed E-state index contributed by atoms with van der Waals surface area (Å²) in [5, 5.41) is 13.9. The summed E-state index contributed by atoms with van der Waals surface area (Å²) in [6.45, 7) is 1.78. The highest BCUT2D eigenvalue weighted by atomic mass is 16.5. The van der Waals surface area contributed by atoms with E-state index in [1.54, 1.807) is 23.8 Å². The van der Waals surface area contributed by atoms with Gasteiger partial charge in [0.1, 0.15) is 5.75 Å². The van der Waals surface area contributed by atoms with Crippen LogP contribution in [0.5, 0.6) is 5.75 Å². The van der Waals surface area contributed by atoms with E-state index in [2.05, 4.69) is 5.10 Å². The van der Waals surface area contributed by atoms with Crippen molar-refractivity contribution in [2.75, 3.05) is 27.4 Å².